The van der Waals surface area contributed by atoms with Crippen molar-refractivity contribution >= 4 is 34.8 Å². The number of nitrogens with zero attached hydrogens (tertiary/aromatic N) is 2. The van der Waals surface area contributed by atoms with E-state index in [0.29, 0.717) is 17.9 Å². The highest BCUT2D eigenvalue weighted by molar-refractivity contribution is 6.37. The Bertz CT molecular complexity index is 645. The molecule has 0 unspecified atom stereocenters. The van der Waals surface area contributed by atoms with Crippen LogP contribution in [-0.2, 0) is 6.54 Å². The first-order chi connectivity index (χ1) is 9.42. The molecule has 0 spiro atoms. The molecule has 5 nitrogen and oxygen atoms in total. The summed E-state index contributed by atoms with van der Waals surface area (Å²) in [4.78, 5) is 12.2. The van der Waals surface area contributed by atoms with Crippen LogP contribution in [0.5, 0.6) is 5.75 Å². The summed E-state index contributed by atoms with van der Waals surface area (Å²) in [6.45, 7) is 4.31. The van der Waals surface area contributed by atoms with Gasteiger partial charge in [0, 0.05) is 12.2 Å². The normalized spacial score (nSPS) is 10.6. The number of carbonyl (C=O) groups is 1. The van der Waals surface area contributed by atoms with E-state index in [1.165, 1.54) is 12.1 Å². The summed E-state index contributed by atoms with van der Waals surface area (Å²) in [6, 6.07) is 4.56. The van der Waals surface area contributed by atoms with Crippen LogP contribution in [0.3, 0.4) is 0 Å². The van der Waals surface area contributed by atoms with Crippen molar-refractivity contribution in [3.05, 3.63) is 39.6 Å². The van der Waals surface area contributed by atoms with Crippen LogP contribution in [-0.4, -0.2) is 20.8 Å². The number of hydrogen-bond acceptors (Lipinski definition) is 3. The van der Waals surface area contributed by atoms with E-state index < -0.39 is 0 Å². The Labute approximate surface area is 126 Å². The number of hydrogen-bond donors (Lipinski definition) is 2. The first-order valence-corrected chi connectivity index (χ1v) is 6.71. The molecule has 1 aromatic carbocycles. The van der Waals surface area contributed by atoms with Crippen LogP contribution in [0, 0.1) is 6.92 Å². The van der Waals surface area contributed by atoms with Crippen molar-refractivity contribution in [1.29, 1.82) is 0 Å². The Kier molecular flexibility index (Phi) is 4.20. The zero-order valence-corrected chi connectivity index (χ0v) is 12.5. The third kappa shape index (κ3) is 2.89. The van der Waals surface area contributed by atoms with Gasteiger partial charge in [-0.15, -0.1) is 0 Å². The Hall–Kier alpha value is -1.72. The molecular weight excluding hydrogens is 301 g/mol. The molecule has 0 aliphatic heterocycles. The molecule has 0 aliphatic rings. The molecule has 106 valence electrons. The van der Waals surface area contributed by atoms with Crippen molar-refractivity contribution in [3.63, 3.8) is 0 Å². The van der Waals surface area contributed by atoms with Crippen molar-refractivity contribution in [2.24, 2.45) is 0 Å². The summed E-state index contributed by atoms with van der Waals surface area (Å²) in [5.74, 6) is -0.522. The number of carbonyl (C=O) groups excluding carboxylic acids is 1. The van der Waals surface area contributed by atoms with Gasteiger partial charge in [0.1, 0.15) is 5.69 Å². The van der Waals surface area contributed by atoms with Gasteiger partial charge in [-0.3, -0.25) is 9.48 Å². The van der Waals surface area contributed by atoms with E-state index in [9.17, 15) is 9.90 Å². The molecule has 0 saturated heterocycles. The number of benzene rings is 1. The number of rotatable bonds is 3. The van der Waals surface area contributed by atoms with Crippen LogP contribution in [0.25, 0.3) is 0 Å². The summed E-state index contributed by atoms with van der Waals surface area (Å²) in [7, 11) is 0. The molecule has 20 heavy (non-hydrogen) atoms. The Morgan fingerprint density at radius 2 is 1.95 bits per heavy atom. The molecule has 1 aromatic heterocycles. The Balaban J connectivity index is 2.28. The second kappa shape index (κ2) is 5.73. The molecule has 7 heteroatoms. The van der Waals surface area contributed by atoms with Crippen LogP contribution in [0.1, 0.15) is 23.1 Å². The Morgan fingerprint density at radius 3 is 2.50 bits per heavy atom. The van der Waals surface area contributed by atoms with E-state index in [-0.39, 0.29) is 21.7 Å². The number of aromatic nitrogens is 2. The molecular formula is C13H13Cl2N3O2. The quantitative estimate of drug-likeness (QED) is 0.852. The number of nitrogens with one attached hydrogen (secondary N) is 1. The summed E-state index contributed by atoms with van der Waals surface area (Å²) in [5.41, 5.74) is 1.62. The van der Waals surface area contributed by atoms with Crippen molar-refractivity contribution in [2.45, 2.75) is 20.4 Å². The van der Waals surface area contributed by atoms with Crippen LogP contribution in [0.4, 0.5) is 5.69 Å². The maximum Gasteiger partial charge on any atom is 0.273 e. The fraction of sp³-hybridized carbons (Fsp3) is 0.231. The standard InChI is InChI=1S/C13H13Cl2N3O2/c1-3-18-11(4-7(2)17-18)13(20)16-8-5-9(14)12(19)10(15)6-8/h4-6,19H,3H2,1-2H3,(H,16,20). The molecule has 2 rings (SSSR count). The zero-order valence-electron chi connectivity index (χ0n) is 10.9. The average molecular weight is 314 g/mol. The smallest absolute Gasteiger partial charge is 0.273 e. The van der Waals surface area contributed by atoms with Crippen LogP contribution in [0.2, 0.25) is 10.0 Å². The van der Waals surface area contributed by atoms with E-state index in [1.807, 2.05) is 13.8 Å². The predicted molar refractivity (Wildman–Crippen MR) is 78.7 cm³/mol. The lowest BCUT2D eigenvalue weighted by Crippen LogP contribution is -2.17. The average Bonchev–Trinajstić information content (AvgIpc) is 2.77. The molecule has 0 fully saturated rings. The lowest BCUT2D eigenvalue weighted by Gasteiger charge is -2.08. The topological polar surface area (TPSA) is 67.2 Å². The summed E-state index contributed by atoms with van der Waals surface area (Å²) < 4.78 is 1.61. The first-order valence-electron chi connectivity index (χ1n) is 5.96. The van der Waals surface area contributed by atoms with Gasteiger partial charge in [0.2, 0.25) is 0 Å². The maximum atomic E-state index is 12.2. The fourth-order valence-corrected chi connectivity index (χ4v) is 2.29. The number of anilines is 1. The molecule has 0 aliphatic carbocycles. The lowest BCUT2D eigenvalue weighted by molar-refractivity contribution is 0.101. The largest absolute Gasteiger partial charge is 0.505 e. The van der Waals surface area contributed by atoms with Crippen molar-refractivity contribution < 1.29 is 9.90 Å². The molecule has 2 N–H and O–H groups in total. The minimum absolute atomic E-state index is 0.0768. The molecule has 1 amide bonds. The summed E-state index contributed by atoms with van der Waals surface area (Å²) >= 11 is 11.6. The minimum atomic E-state index is -0.315. The third-order valence-electron chi connectivity index (χ3n) is 2.71. The second-order valence-electron chi connectivity index (χ2n) is 4.23. The number of halogens is 2. The fourth-order valence-electron chi connectivity index (χ4n) is 1.80. The van der Waals surface area contributed by atoms with Crippen LogP contribution < -0.4 is 5.32 Å². The van der Waals surface area contributed by atoms with Crippen molar-refractivity contribution in [3.8, 4) is 5.75 Å². The molecule has 0 radical (unpaired) electrons. The van der Waals surface area contributed by atoms with Gasteiger partial charge in [-0.1, -0.05) is 23.2 Å². The van der Waals surface area contributed by atoms with E-state index in [0.717, 1.165) is 5.69 Å². The highest BCUT2D eigenvalue weighted by Gasteiger charge is 2.15. The molecule has 0 saturated carbocycles. The van der Waals surface area contributed by atoms with Gasteiger partial charge in [-0.25, -0.2) is 0 Å². The molecule has 1 heterocycles. The third-order valence-corrected chi connectivity index (χ3v) is 3.29. The second-order valence-corrected chi connectivity index (χ2v) is 5.04. The Morgan fingerprint density at radius 1 is 1.35 bits per heavy atom. The minimum Gasteiger partial charge on any atom is -0.505 e. The highest BCUT2D eigenvalue weighted by atomic mass is 35.5. The number of amides is 1. The lowest BCUT2D eigenvalue weighted by atomic mass is 10.2. The number of aromatic hydroxyl groups is 1. The predicted octanol–water partition coefficient (Wildman–Crippen LogP) is 3.48. The number of phenolic OH excluding ortho intramolecular Hbond substituents is 1. The van der Waals surface area contributed by atoms with Gasteiger partial charge >= 0.3 is 0 Å². The van der Waals surface area contributed by atoms with Gasteiger partial charge < -0.3 is 10.4 Å². The SMILES string of the molecule is CCn1nc(C)cc1C(=O)Nc1cc(Cl)c(O)c(Cl)c1. The van der Waals surface area contributed by atoms with Gasteiger partial charge in [-0.2, -0.15) is 5.10 Å². The monoisotopic (exact) mass is 313 g/mol. The highest BCUT2D eigenvalue weighted by Crippen LogP contribution is 2.34. The maximum absolute atomic E-state index is 12.2. The van der Waals surface area contributed by atoms with E-state index in [4.69, 9.17) is 23.2 Å². The van der Waals surface area contributed by atoms with E-state index in [2.05, 4.69) is 10.4 Å². The zero-order chi connectivity index (χ0) is 14.9. The molecule has 0 bridgehead atoms. The number of aryl methyl sites for hydroxylation is 2. The van der Waals surface area contributed by atoms with Gasteiger partial charge in [0.05, 0.1) is 15.7 Å². The van der Waals surface area contributed by atoms with E-state index in [1.54, 1.807) is 10.7 Å². The summed E-state index contributed by atoms with van der Waals surface area (Å²) in [6.07, 6.45) is 0. The molecule has 0 atom stereocenters. The van der Waals surface area contributed by atoms with Gasteiger partial charge in [-0.05, 0) is 32.0 Å². The van der Waals surface area contributed by atoms with Gasteiger partial charge in [0.15, 0.2) is 5.75 Å². The van der Waals surface area contributed by atoms with Gasteiger partial charge in [0.25, 0.3) is 5.91 Å². The van der Waals surface area contributed by atoms with Crippen molar-refractivity contribution in [2.75, 3.05) is 5.32 Å². The van der Waals surface area contributed by atoms with Crippen molar-refractivity contribution in [1.82, 2.24) is 9.78 Å². The molecule has 2 aromatic rings. The van der Waals surface area contributed by atoms with Crippen LogP contribution >= 0.6 is 23.2 Å². The first kappa shape index (κ1) is 14.7. The van der Waals surface area contributed by atoms with Crippen LogP contribution in [0.15, 0.2) is 18.2 Å². The van der Waals surface area contributed by atoms with E-state index >= 15 is 0 Å². The number of phenols is 1. The summed E-state index contributed by atoms with van der Waals surface area (Å²) in [5, 5.41) is 16.5.